The summed E-state index contributed by atoms with van der Waals surface area (Å²) in [6.07, 6.45) is 0. The molecule has 0 saturated carbocycles. The summed E-state index contributed by atoms with van der Waals surface area (Å²) in [6.45, 7) is 1.58. The molecule has 2 aromatic rings. The van der Waals surface area contributed by atoms with Crippen LogP contribution in [-0.4, -0.2) is 20.9 Å². The molecule has 7 heteroatoms. The van der Waals surface area contributed by atoms with Crippen molar-refractivity contribution in [1.82, 2.24) is 9.78 Å². The summed E-state index contributed by atoms with van der Waals surface area (Å²) in [5.41, 5.74) is 0.442. The largest absolute Gasteiger partial charge is 0.478 e. The van der Waals surface area contributed by atoms with Crippen molar-refractivity contribution >= 4 is 17.7 Å². The van der Waals surface area contributed by atoms with Gasteiger partial charge in [-0.1, -0.05) is 11.8 Å². The Kier molecular flexibility index (Phi) is 3.57. The number of aryl methyl sites for hydroxylation is 2. The Labute approximate surface area is 112 Å². The quantitative estimate of drug-likeness (QED) is 0.941. The van der Waals surface area contributed by atoms with Crippen LogP contribution in [0.1, 0.15) is 16.1 Å². The monoisotopic (exact) mass is 284 g/mol. The first-order valence-corrected chi connectivity index (χ1v) is 6.11. The van der Waals surface area contributed by atoms with Gasteiger partial charge >= 0.3 is 5.97 Å². The van der Waals surface area contributed by atoms with E-state index in [-0.39, 0.29) is 5.56 Å². The number of aromatic nitrogens is 2. The fraction of sp³-hybridized carbons (Fsp3) is 0.167. The molecular weight excluding hydrogens is 274 g/mol. The van der Waals surface area contributed by atoms with E-state index < -0.39 is 17.6 Å². The van der Waals surface area contributed by atoms with Crippen LogP contribution in [0.4, 0.5) is 8.78 Å². The highest BCUT2D eigenvalue weighted by Crippen LogP contribution is 2.32. The Bertz CT molecular complexity index is 655. The maximum Gasteiger partial charge on any atom is 0.340 e. The van der Waals surface area contributed by atoms with Crippen LogP contribution in [0.25, 0.3) is 0 Å². The van der Waals surface area contributed by atoms with Crippen LogP contribution in [0.2, 0.25) is 0 Å². The van der Waals surface area contributed by atoms with E-state index in [1.807, 2.05) is 0 Å². The first-order valence-electron chi connectivity index (χ1n) is 5.30. The smallest absolute Gasteiger partial charge is 0.340 e. The lowest BCUT2D eigenvalue weighted by molar-refractivity contribution is 0.0692. The van der Waals surface area contributed by atoms with Gasteiger partial charge in [0.05, 0.1) is 5.69 Å². The molecule has 1 N–H and O–H groups in total. The Morgan fingerprint density at radius 3 is 2.63 bits per heavy atom. The highest BCUT2D eigenvalue weighted by Gasteiger charge is 2.20. The van der Waals surface area contributed by atoms with Crippen LogP contribution in [0.5, 0.6) is 0 Å². The van der Waals surface area contributed by atoms with E-state index in [4.69, 9.17) is 5.11 Å². The number of carboxylic acid groups (broad SMARTS) is 1. The minimum absolute atomic E-state index is 0.0669. The Morgan fingerprint density at radius 2 is 2.05 bits per heavy atom. The predicted octanol–water partition coefficient (Wildman–Crippen LogP) is 2.86. The molecule has 0 aliphatic rings. The van der Waals surface area contributed by atoms with E-state index in [1.54, 1.807) is 14.0 Å². The summed E-state index contributed by atoms with van der Waals surface area (Å²) in [6, 6.07) is 3.41. The van der Waals surface area contributed by atoms with E-state index in [1.165, 1.54) is 10.7 Å². The number of rotatable bonds is 3. The Balaban J connectivity index is 2.43. The van der Waals surface area contributed by atoms with Gasteiger partial charge in [-0.15, -0.1) is 0 Å². The fourth-order valence-corrected chi connectivity index (χ4v) is 2.68. The standard InChI is InChI=1S/C12H10F2N2O2S/c1-6-10(12(17)18)11(16(2)15-6)19-7-3-4-8(13)9(14)5-7/h3-5H,1-2H3,(H,17,18). The molecule has 0 fully saturated rings. The summed E-state index contributed by atoms with van der Waals surface area (Å²) in [7, 11) is 1.60. The zero-order valence-corrected chi connectivity index (χ0v) is 11.0. The second-order valence-electron chi connectivity index (χ2n) is 3.87. The molecule has 1 aromatic heterocycles. The molecule has 2 rings (SSSR count). The van der Waals surface area contributed by atoms with Crippen molar-refractivity contribution in [2.24, 2.45) is 7.05 Å². The lowest BCUT2D eigenvalue weighted by Gasteiger charge is -2.04. The molecule has 4 nitrogen and oxygen atoms in total. The molecule has 0 atom stereocenters. The van der Waals surface area contributed by atoms with E-state index in [2.05, 4.69) is 5.10 Å². The topological polar surface area (TPSA) is 55.1 Å². The number of hydrogen-bond donors (Lipinski definition) is 1. The molecule has 0 spiro atoms. The lowest BCUT2D eigenvalue weighted by atomic mass is 10.3. The predicted molar refractivity (Wildman–Crippen MR) is 65.4 cm³/mol. The highest BCUT2D eigenvalue weighted by atomic mass is 32.2. The molecule has 0 saturated heterocycles. The summed E-state index contributed by atoms with van der Waals surface area (Å²) < 4.78 is 27.4. The van der Waals surface area contributed by atoms with Gasteiger partial charge in [0, 0.05) is 11.9 Å². The molecule has 0 bridgehead atoms. The summed E-state index contributed by atoms with van der Waals surface area (Å²) >= 11 is 1.03. The molecule has 0 aliphatic heterocycles. The van der Waals surface area contributed by atoms with Crippen molar-refractivity contribution in [2.45, 2.75) is 16.8 Å². The van der Waals surface area contributed by atoms with E-state index >= 15 is 0 Å². The van der Waals surface area contributed by atoms with Crippen molar-refractivity contribution in [3.05, 3.63) is 41.1 Å². The van der Waals surface area contributed by atoms with Gasteiger partial charge < -0.3 is 5.11 Å². The lowest BCUT2D eigenvalue weighted by Crippen LogP contribution is -2.00. The average molecular weight is 284 g/mol. The summed E-state index contributed by atoms with van der Waals surface area (Å²) in [4.78, 5) is 11.6. The van der Waals surface area contributed by atoms with Crippen molar-refractivity contribution in [3.63, 3.8) is 0 Å². The van der Waals surface area contributed by atoms with Gasteiger partial charge in [-0.05, 0) is 25.1 Å². The second-order valence-corrected chi connectivity index (χ2v) is 4.93. The third kappa shape index (κ3) is 2.60. The maximum atomic E-state index is 13.1. The Hall–Kier alpha value is -1.89. The van der Waals surface area contributed by atoms with Crippen LogP contribution in [-0.2, 0) is 7.05 Å². The second kappa shape index (κ2) is 5.00. The molecule has 100 valence electrons. The highest BCUT2D eigenvalue weighted by molar-refractivity contribution is 7.99. The van der Waals surface area contributed by atoms with E-state index in [9.17, 15) is 13.6 Å². The molecular formula is C12H10F2N2O2S. The number of aromatic carboxylic acids is 1. The number of halogens is 2. The Morgan fingerprint density at radius 1 is 1.37 bits per heavy atom. The summed E-state index contributed by atoms with van der Waals surface area (Å²) in [5, 5.41) is 13.5. The van der Waals surface area contributed by atoms with E-state index in [0.717, 1.165) is 23.9 Å². The number of carboxylic acids is 1. The van der Waals surface area contributed by atoms with Crippen molar-refractivity contribution in [1.29, 1.82) is 0 Å². The number of benzene rings is 1. The van der Waals surface area contributed by atoms with Crippen molar-refractivity contribution in [2.75, 3.05) is 0 Å². The van der Waals surface area contributed by atoms with Crippen LogP contribution in [0, 0.1) is 18.6 Å². The van der Waals surface area contributed by atoms with Crippen LogP contribution in [0.3, 0.4) is 0 Å². The van der Waals surface area contributed by atoms with E-state index in [0.29, 0.717) is 15.6 Å². The van der Waals surface area contributed by atoms with Crippen molar-refractivity contribution in [3.8, 4) is 0 Å². The van der Waals surface area contributed by atoms with Gasteiger partial charge in [-0.3, -0.25) is 4.68 Å². The molecule has 0 amide bonds. The SMILES string of the molecule is Cc1nn(C)c(Sc2ccc(F)c(F)c2)c1C(=O)O. The first-order chi connectivity index (χ1) is 8.90. The average Bonchev–Trinajstić information content (AvgIpc) is 2.59. The van der Waals surface area contributed by atoms with Gasteiger partial charge in [0.2, 0.25) is 0 Å². The normalized spacial score (nSPS) is 10.7. The third-order valence-corrected chi connectivity index (χ3v) is 3.64. The molecule has 19 heavy (non-hydrogen) atoms. The van der Waals surface area contributed by atoms with Gasteiger partial charge in [0.1, 0.15) is 10.6 Å². The van der Waals surface area contributed by atoms with Gasteiger partial charge in [-0.25, -0.2) is 13.6 Å². The zero-order chi connectivity index (χ0) is 14.2. The summed E-state index contributed by atoms with van der Waals surface area (Å²) in [5.74, 6) is -3.01. The molecule has 1 aromatic carbocycles. The third-order valence-electron chi connectivity index (χ3n) is 2.49. The zero-order valence-electron chi connectivity index (χ0n) is 10.1. The molecule has 0 radical (unpaired) electrons. The van der Waals surface area contributed by atoms with Crippen LogP contribution >= 0.6 is 11.8 Å². The minimum atomic E-state index is -1.10. The van der Waals surface area contributed by atoms with Gasteiger partial charge in [0.15, 0.2) is 11.6 Å². The fourth-order valence-electron chi connectivity index (χ4n) is 1.65. The first kappa shape index (κ1) is 13.5. The van der Waals surface area contributed by atoms with Crippen LogP contribution < -0.4 is 0 Å². The van der Waals surface area contributed by atoms with Crippen molar-refractivity contribution < 1.29 is 18.7 Å². The number of carbonyl (C=O) groups is 1. The minimum Gasteiger partial charge on any atom is -0.478 e. The van der Waals surface area contributed by atoms with Gasteiger partial charge in [0.25, 0.3) is 0 Å². The maximum absolute atomic E-state index is 13.1. The number of nitrogens with zero attached hydrogens (tertiary/aromatic N) is 2. The molecule has 0 unspecified atom stereocenters. The molecule has 0 aliphatic carbocycles. The van der Waals surface area contributed by atoms with Crippen LogP contribution in [0.15, 0.2) is 28.1 Å². The van der Waals surface area contributed by atoms with Gasteiger partial charge in [-0.2, -0.15) is 5.10 Å². The molecule has 1 heterocycles. The number of hydrogen-bond acceptors (Lipinski definition) is 3.